The van der Waals surface area contributed by atoms with E-state index in [-0.39, 0.29) is 0 Å². The Morgan fingerprint density at radius 3 is 2.43 bits per heavy atom. The van der Waals surface area contributed by atoms with Gasteiger partial charge in [-0.25, -0.2) is 0 Å². The molecule has 0 aliphatic carbocycles. The van der Waals surface area contributed by atoms with Crippen molar-refractivity contribution in [2.75, 3.05) is 6.54 Å². The summed E-state index contributed by atoms with van der Waals surface area (Å²) in [7, 11) is 0. The van der Waals surface area contributed by atoms with Gasteiger partial charge >= 0.3 is 0 Å². The number of hydrogen-bond acceptors (Lipinski definition) is 1. The molecular formula is C18H21Cl2N. The van der Waals surface area contributed by atoms with E-state index in [1.807, 2.05) is 18.2 Å². The summed E-state index contributed by atoms with van der Waals surface area (Å²) in [6, 6.07) is 16.9. The molecule has 0 aromatic heterocycles. The van der Waals surface area contributed by atoms with Gasteiger partial charge in [-0.05, 0) is 56.0 Å². The first-order valence-corrected chi connectivity index (χ1v) is 8.12. The normalized spacial score (nSPS) is 12.3. The molecule has 21 heavy (non-hydrogen) atoms. The highest BCUT2D eigenvalue weighted by Crippen LogP contribution is 2.23. The number of halogens is 2. The van der Waals surface area contributed by atoms with E-state index in [4.69, 9.17) is 23.2 Å². The van der Waals surface area contributed by atoms with Crippen molar-refractivity contribution in [3.8, 4) is 0 Å². The molecule has 0 spiro atoms. The predicted molar refractivity (Wildman–Crippen MR) is 92.4 cm³/mol. The average molecular weight is 322 g/mol. The molecule has 1 atom stereocenters. The Kier molecular flexibility index (Phi) is 6.56. The highest BCUT2D eigenvalue weighted by molar-refractivity contribution is 6.42. The Hall–Kier alpha value is -1.02. The lowest BCUT2D eigenvalue weighted by atomic mass is 10.1. The number of nitrogens with one attached hydrogen (secondary N) is 1. The zero-order valence-electron chi connectivity index (χ0n) is 12.3. The van der Waals surface area contributed by atoms with Crippen molar-refractivity contribution in [1.29, 1.82) is 0 Å². The molecule has 3 heteroatoms. The van der Waals surface area contributed by atoms with E-state index >= 15 is 0 Å². The lowest BCUT2D eigenvalue weighted by Crippen LogP contribution is -2.29. The Labute approximate surface area is 137 Å². The zero-order chi connectivity index (χ0) is 15.1. The standard InChI is InChI=1S/C18H21Cl2N/c1-14(12-16-9-10-17(19)18(20)13-16)21-11-5-8-15-6-3-2-4-7-15/h2-4,6-7,9-10,13-14,21H,5,8,11-12H2,1H3/t14-/m1/s1. The molecular weight excluding hydrogens is 301 g/mol. The monoisotopic (exact) mass is 321 g/mol. The maximum atomic E-state index is 6.04. The van der Waals surface area contributed by atoms with E-state index < -0.39 is 0 Å². The van der Waals surface area contributed by atoms with E-state index in [0.29, 0.717) is 16.1 Å². The van der Waals surface area contributed by atoms with Gasteiger partial charge < -0.3 is 5.32 Å². The molecule has 0 radical (unpaired) electrons. The minimum atomic E-state index is 0.429. The Morgan fingerprint density at radius 1 is 0.952 bits per heavy atom. The van der Waals surface area contributed by atoms with Crippen LogP contribution in [0.4, 0.5) is 0 Å². The average Bonchev–Trinajstić information content (AvgIpc) is 2.49. The second-order valence-electron chi connectivity index (χ2n) is 5.40. The molecule has 0 unspecified atom stereocenters. The summed E-state index contributed by atoms with van der Waals surface area (Å²) in [5.74, 6) is 0. The molecule has 0 heterocycles. The fourth-order valence-electron chi connectivity index (χ4n) is 2.38. The first-order valence-electron chi connectivity index (χ1n) is 7.36. The lowest BCUT2D eigenvalue weighted by molar-refractivity contribution is 0.534. The highest BCUT2D eigenvalue weighted by Gasteiger charge is 2.05. The van der Waals surface area contributed by atoms with Crippen LogP contribution < -0.4 is 5.32 Å². The largest absolute Gasteiger partial charge is 0.314 e. The molecule has 0 saturated carbocycles. The second kappa shape index (κ2) is 8.43. The topological polar surface area (TPSA) is 12.0 Å². The van der Waals surface area contributed by atoms with Gasteiger partial charge in [0.1, 0.15) is 0 Å². The van der Waals surface area contributed by atoms with E-state index in [1.165, 1.54) is 11.1 Å². The van der Waals surface area contributed by atoms with E-state index in [2.05, 4.69) is 42.6 Å². The van der Waals surface area contributed by atoms with Crippen LogP contribution in [0.3, 0.4) is 0 Å². The smallest absolute Gasteiger partial charge is 0.0595 e. The number of hydrogen-bond donors (Lipinski definition) is 1. The van der Waals surface area contributed by atoms with Gasteiger partial charge in [0.15, 0.2) is 0 Å². The van der Waals surface area contributed by atoms with Crippen molar-refractivity contribution in [2.24, 2.45) is 0 Å². The lowest BCUT2D eigenvalue weighted by Gasteiger charge is -2.14. The molecule has 1 nitrogen and oxygen atoms in total. The summed E-state index contributed by atoms with van der Waals surface area (Å²) in [4.78, 5) is 0. The van der Waals surface area contributed by atoms with Crippen LogP contribution in [0, 0.1) is 0 Å². The van der Waals surface area contributed by atoms with Crippen LogP contribution >= 0.6 is 23.2 Å². The predicted octanol–water partition coefficient (Wildman–Crippen LogP) is 5.15. The molecule has 0 amide bonds. The summed E-state index contributed by atoms with van der Waals surface area (Å²) >= 11 is 12.0. The van der Waals surface area contributed by atoms with Gasteiger partial charge in [-0.1, -0.05) is 59.6 Å². The first-order chi connectivity index (χ1) is 10.1. The Balaban J connectivity index is 1.70. The quantitative estimate of drug-likeness (QED) is 0.695. The molecule has 0 fully saturated rings. The van der Waals surface area contributed by atoms with Gasteiger partial charge in [-0.3, -0.25) is 0 Å². The molecule has 0 saturated heterocycles. The molecule has 2 rings (SSSR count). The van der Waals surface area contributed by atoms with Gasteiger partial charge in [0.2, 0.25) is 0 Å². The van der Waals surface area contributed by atoms with Crippen molar-refractivity contribution in [3.63, 3.8) is 0 Å². The summed E-state index contributed by atoms with van der Waals surface area (Å²) < 4.78 is 0. The van der Waals surface area contributed by atoms with Gasteiger partial charge in [0, 0.05) is 6.04 Å². The van der Waals surface area contributed by atoms with Crippen LogP contribution in [0.2, 0.25) is 10.0 Å². The summed E-state index contributed by atoms with van der Waals surface area (Å²) in [6.45, 7) is 3.22. The summed E-state index contributed by atoms with van der Waals surface area (Å²) in [6.07, 6.45) is 3.23. The Bertz CT molecular complexity index is 554. The summed E-state index contributed by atoms with van der Waals surface area (Å²) in [5, 5.41) is 4.80. The van der Waals surface area contributed by atoms with Crippen LogP contribution in [-0.2, 0) is 12.8 Å². The molecule has 112 valence electrons. The van der Waals surface area contributed by atoms with Gasteiger partial charge in [-0.15, -0.1) is 0 Å². The fourth-order valence-corrected chi connectivity index (χ4v) is 2.70. The van der Waals surface area contributed by atoms with Crippen LogP contribution in [0.15, 0.2) is 48.5 Å². The van der Waals surface area contributed by atoms with E-state index in [9.17, 15) is 0 Å². The molecule has 0 aliphatic heterocycles. The third-order valence-electron chi connectivity index (χ3n) is 3.50. The summed E-state index contributed by atoms with van der Waals surface area (Å²) in [5.41, 5.74) is 2.61. The van der Waals surface area contributed by atoms with E-state index in [1.54, 1.807) is 0 Å². The van der Waals surface area contributed by atoms with Crippen LogP contribution in [0.1, 0.15) is 24.5 Å². The highest BCUT2D eigenvalue weighted by atomic mass is 35.5. The minimum Gasteiger partial charge on any atom is -0.314 e. The van der Waals surface area contributed by atoms with Crippen molar-refractivity contribution in [2.45, 2.75) is 32.2 Å². The first kappa shape index (κ1) is 16.4. The zero-order valence-corrected chi connectivity index (χ0v) is 13.8. The maximum absolute atomic E-state index is 6.04. The number of aryl methyl sites for hydroxylation is 1. The van der Waals surface area contributed by atoms with Crippen molar-refractivity contribution < 1.29 is 0 Å². The van der Waals surface area contributed by atoms with Crippen molar-refractivity contribution in [1.82, 2.24) is 5.32 Å². The molecule has 2 aromatic rings. The molecule has 1 N–H and O–H groups in total. The number of rotatable bonds is 7. The van der Waals surface area contributed by atoms with Crippen molar-refractivity contribution >= 4 is 23.2 Å². The molecule has 0 aliphatic rings. The molecule has 0 bridgehead atoms. The SMILES string of the molecule is C[C@H](Cc1ccc(Cl)c(Cl)c1)NCCCc1ccccc1. The Morgan fingerprint density at radius 2 is 1.71 bits per heavy atom. The number of benzene rings is 2. The minimum absolute atomic E-state index is 0.429. The van der Waals surface area contributed by atoms with Gasteiger partial charge in [0.25, 0.3) is 0 Å². The maximum Gasteiger partial charge on any atom is 0.0595 e. The third-order valence-corrected chi connectivity index (χ3v) is 4.24. The molecule has 2 aromatic carbocycles. The van der Waals surface area contributed by atoms with Gasteiger partial charge in [0.05, 0.1) is 10.0 Å². The van der Waals surface area contributed by atoms with Gasteiger partial charge in [-0.2, -0.15) is 0 Å². The third kappa shape index (κ3) is 5.70. The fraction of sp³-hybridized carbons (Fsp3) is 0.333. The van der Waals surface area contributed by atoms with Crippen LogP contribution in [0.5, 0.6) is 0 Å². The second-order valence-corrected chi connectivity index (χ2v) is 6.21. The van der Waals surface area contributed by atoms with Crippen molar-refractivity contribution in [3.05, 3.63) is 69.7 Å². The van der Waals surface area contributed by atoms with Crippen LogP contribution in [0.25, 0.3) is 0 Å². The van der Waals surface area contributed by atoms with E-state index in [0.717, 1.165) is 25.8 Å². The van der Waals surface area contributed by atoms with Crippen LogP contribution in [-0.4, -0.2) is 12.6 Å².